The standard InChI is InChI=1S/C22H22Cl2N2O6/c1-2-31-22(30)14-6-8-15(9-7-14)25-20(28)13-32-21(29)5-3-4-19(27)26-16-10-11-17(23)18(24)12-16/h6-12H,2-5,13H2,1H3,(H,25,28)(H,26,27). The van der Waals surface area contributed by atoms with Crippen molar-refractivity contribution in [1.29, 1.82) is 0 Å². The summed E-state index contributed by atoms with van der Waals surface area (Å²) in [6, 6.07) is 10.8. The third kappa shape index (κ3) is 8.56. The molecule has 0 aliphatic heterocycles. The zero-order valence-corrected chi connectivity index (χ0v) is 18.8. The number of benzene rings is 2. The number of esters is 2. The zero-order chi connectivity index (χ0) is 23.5. The summed E-state index contributed by atoms with van der Waals surface area (Å²) in [6.07, 6.45) is 0.327. The van der Waals surface area contributed by atoms with Crippen molar-refractivity contribution in [3.63, 3.8) is 0 Å². The van der Waals surface area contributed by atoms with E-state index in [-0.39, 0.29) is 31.8 Å². The second kappa shape index (κ2) is 12.7. The van der Waals surface area contributed by atoms with Crippen LogP contribution in [-0.2, 0) is 23.9 Å². The molecule has 2 aromatic carbocycles. The Morgan fingerprint density at radius 1 is 0.812 bits per heavy atom. The van der Waals surface area contributed by atoms with Gasteiger partial charge in [-0.3, -0.25) is 14.4 Å². The molecule has 170 valence electrons. The average molecular weight is 481 g/mol. The van der Waals surface area contributed by atoms with Crippen molar-refractivity contribution in [3.05, 3.63) is 58.1 Å². The van der Waals surface area contributed by atoms with E-state index in [9.17, 15) is 19.2 Å². The van der Waals surface area contributed by atoms with Crippen LogP contribution in [0.15, 0.2) is 42.5 Å². The highest BCUT2D eigenvalue weighted by Gasteiger charge is 2.11. The molecule has 2 N–H and O–H groups in total. The van der Waals surface area contributed by atoms with Crippen LogP contribution in [0, 0.1) is 0 Å². The molecule has 0 atom stereocenters. The van der Waals surface area contributed by atoms with Crippen molar-refractivity contribution >= 4 is 58.3 Å². The maximum absolute atomic E-state index is 11.9. The fraction of sp³-hybridized carbons (Fsp3) is 0.273. The predicted octanol–water partition coefficient (Wildman–Crippen LogP) is 4.46. The molecule has 8 nitrogen and oxygen atoms in total. The lowest BCUT2D eigenvalue weighted by Crippen LogP contribution is -2.21. The first-order valence-corrected chi connectivity index (χ1v) is 10.5. The number of carbonyl (C=O) groups excluding carboxylic acids is 4. The van der Waals surface area contributed by atoms with Crippen molar-refractivity contribution in [3.8, 4) is 0 Å². The Hall–Kier alpha value is -3.10. The minimum Gasteiger partial charge on any atom is -0.462 e. The van der Waals surface area contributed by atoms with Gasteiger partial charge in [0.15, 0.2) is 6.61 Å². The predicted molar refractivity (Wildman–Crippen MR) is 121 cm³/mol. The van der Waals surface area contributed by atoms with E-state index in [2.05, 4.69) is 10.6 Å². The monoisotopic (exact) mass is 480 g/mol. The smallest absolute Gasteiger partial charge is 0.338 e. The second-order valence-electron chi connectivity index (χ2n) is 6.54. The molecule has 0 heterocycles. The molecule has 0 aliphatic carbocycles. The quantitative estimate of drug-likeness (QED) is 0.485. The van der Waals surface area contributed by atoms with E-state index in [4.69, 9.17) is 32.7 Å². The summed E-state index contributed by atoms with van der Waals surface area (Å²) in [5, 5.41) is 5.91. The molecule has 2 rings (SSSR count). The van der Waals surface area contributed by atoms with Gasteiger partial charge in [-0.05, 0) is 55.8 Å². The molecule has 0 unspecified atom stereocenters. The molecule has 0 aromatic heterocycles. The first kappa shape index (κ1) is 25.2. The number of rotatable bonds is 10. The van der Waals surface area contributed by atoms with Gasteiger partial charge in [0.1, 0.15) is 0 Å². The summed E-state index contributed by atoms with van der Waals surface area (Å²) in [4.78, 5) is 47.2. The van der Waals surface area contributed by atoms with Crippen molar-refractivity contribution in [2.45, 2.75) is 26.2 Å². The third-order valence-electron chi connectivity index (χ3n) is 4.03. The van der Waals surface area contributed by atoms with Crippen molar-refractivity contribution < 1.29 is 28.7 Å². The number of ether oxygens (including phenoxy) is 2. The van der Waals surface area contributed by atoms with Gasteiger partial charge in [0, 0.05) is 24.2 Å². The largest absolute Gasteiger partial charge is 0.462 e. The summed E-state index contributed by atoms with van der Waals surface area (Å²) >= 11 is 11.7. The SMILES string of the molecule is CCOC(=O)c1ccc(NC(=O)COC(=O)CCCC(=O)Nc2ccc(Cl)c(Cl)c2)cc1. The fourth-order valence-electron chi connectivity index (χ4n) is 2.51. The van der Waals surface area contributed by atoms with Crippen LogP contribution >= 0.6 is 23.2 Å². The minimum atomic E-state index is -0.597. The number of carbonyl (C=O) groups is 4. The van der Waals surface area contributed by atoms with Crippen molar-refractivity contribution in [1.82, 2.24) is 0 Å². The molecule has 32 heavy (non-hydrogen) atoms. The normalized spacial score (nSPS) is 10.2. The highest BCUT2D eigenvalue weighted by Crippen LogP contribution is 2.25. The highest BCUT2D eigenvalue weighted by atomic mass is 35.5. The van der Waals surface area contributed by atoms with Crippen LogP contribution in [0.2, 0.25) is 10.0 Å². The van der Waals surface area contributed by atoms with E-state index in [0.29, 0.717) is 27.0 Å². The highest BCUT2D eigenvalue weighted by molar-refractivity contribution is 6.42. The number of amides is 2. The van der Waals surface area contributed by atoms with Crippen LogP contribution in [0.1, 0.15) is 36.5 Å². The summed E-state index contributed by atoms with van der Waals surface area (Å²) < 4.78 is 9.79. The lowest BCUT2D eigenvalue weighted by molar-refractivity contribution is -0.147. The van der Waals surface area contributed by atoms with Gasteiger partial charge in [0.25, 0.3) is 5.91 Å². The van der Waals surface area contributed by atoms with Crippen LogP contribution in [-0.4, -0.2) is 37.0 Å². The van der Waals surface area contributed by atoms with E-state index in [1.807, 2.05) is 0 Å². The lowest BCUT2D eigenvalue weighted by Gasteiger charge is -2.08. The molecule has 0 bridgehead atoms. The van der Waals surface area contributed by atoms with Gasteiger partial charge in [-0.15, -0.1) is 0 Å². The molecule has 0 spiro atoms. The number of hydrogen-bond acceptors (Lipinski definition) is 6. The fourth-order valence-corrected chi connectivity index (χ4v) is 2.81. The molecule has 0 radical (unpaired) electrons. The molecule has 0 saturated carbocycles. The number of halogens is 2. The van der Waals surface area contributed by atoms with Crippen LogP contribution in [0.4, 0.5) is 11.4 Å². The summed E-state index contributed by atoms with van der Waals surface area (Å²) in [5.41, 5.74) is 1.30. The Kier molecular flexibility index (Phi) is 9.97. The maximum atomic E-state index is 11.9. The molecule has 0 saturated heterocycles. The van der Waals surface area contributed by atoms with Gasteiger partial charge in [-0.1, -0.05) is 23.2 Å². The Morgan fingerprint density at radius 2 is 1.47 bits per heavy atom. The first-order valence-electron chi connectivity index (χ1n) is 9.76. The van der Waals surface area contributed by atoms with E-state index in [1.165, 1.54) is 18.2 Å². The Morgan fingerprint density at radius 3 is 2.12 bits per heavy atom. The number of hydrogen-bond donors (Lipinski definition) is 2. The molecule has 0 aliphatic rings. The zero-order valence-electron chi connectivity index (χ0n) is 17.3. The molecule has 0 fully saturated rings. The summed E-state index contributed by atoms with van der Waals surface area (Å²) in [5.74, 6) is -1.87. The number of anilines is 2. The Bertz CT molecular complexity index is 979. The van der Waals surface area contributed by atoms with Crippen molar-refractivity contribution in [2.75, 3.05) is 23.8 Å². The molecule has 10 heteroatoms. The van der Waals surface area contributed by atoms with Gasteiger partial charge in [0.2, 0.25) is 5.91 Å². The minimum absolute atomic E-state index is 0.0175. The molecule has 2 amide bonds. The second-order valence-corrected chi connectivity index (χ2v) is 7.35. The topological polar surface area (TPSA) is 111 Å². The van der Waals surface area contributed by atoms with Gasteiger partial charge in [-0.25, -0.2) is 4.79 Å². The van der Waals surface area contributed by atoms with Gasteiger partial charge in [0.05, 0.1) is 22.2 Å². The van der Waals surface area contributed by atoms with E-state index < -0.39 is 24.5 Å². The molecule has 2 aromatic rings. The third-order valence-corrected chi connectivity index (χ3v) is 4.77. The summed E-state index contributed by atoms with van der Waals surface area (Å²) in [7, 11) is 0. The average Bonchev–Trinajstić information content (AvgIpc) is 2.75. The van der Waals surface area contributed by atoms with E-state index in [1.54, 1.807) is 31.2 Å². The Balaban J connectivity index is 1.65. The van der Waals surface area contributed by atoms with Gasteiger partial charge in [-0.2, -0.15) is 0 Å². The van der Waals surface area contributed by atoms with Crippen LogP contribution in [0.3, 0.4) is 0 Å². The van der Waals surface area contributed by atoms with Crippen LogP contribution in [0.5, 0.6) is 0 Å². The number of nitrogens with one attached hydrogen (secondary N) is 2. The van der Waals surface area contributed by atoms with E-state index >= 15 is 0 Å². The van der Waals surface area contributed by atoms with Crippen LogP contribution in [0.25, 0.3) is 0 Å². The van der Waals surface area contributed by atoms with E-state index in [0.717, 1.165) is 0 Å². The maximum Gasteiger partial charge on any atom is 0.338 e. The summed E-state index contributed by atoms with van der Waals surface area (Å²) in [6.45, 7) is 1.51. The van der Waals surface area contributed by atoms with Crippen LogP contribution < -0.4 is 10.6 Å². The molecular weight excluding hydrogens is 459 g/mol. The van der Waals surface area contributed by atoms with Gasteiger partial charge < -0.3 is 20.1 Å². The lowest BCUT2D eigenvalue weighted by atomic mass is 10.2. The van der Waals surface area contributed by atoms with Crippen molar-refractivity contribution in [2.24, 2.45) is 0 Å². The van der Waals surface area contributed by atoms with Gasteiger partial charge >= 0.3 is 11.9 Å². The Labute approximate surface area is 195 Å². The molecular formula is C22H22Cl2N2O6. The first-order chi connectivity index (χ1) is 15.3.